The fourth-order valence-corrected chi connectivity index (χ4v) is 2.50. The number of carbonyl (C=O) groups is 1. The molecular weight excluding hydrogens is 304 g/mol. The van der Waals surface area contributed by atoms with Gasteiger partial charge in [0.15, 0.2) is 5.16 Å². The number of carboxylic acid groups (broad SMARTS) is 1. The molecule has 2 aromatic heterocycles. The molecule has 0 spiro atoms. The molecule has 6 nitrogen and oxygen atoms in total. The molecule has 2 aromatic rings. The Bertz CT molecular complexity index is 621. The summed E-state index contributed by atoms with van der Waals surface area (Å²) in [5, 5.41) is 9.24. The van der Waals surface area contributed by atoms with Crippen LogP contribution in [0.25, 0.3) is 11.0 Å². The van der Waals surface area contributed by atoms with Crippen molar-refractivity contribution in [2.24, 2.45) is 0 Å². The van der Waals surface area contributed by atoms with Crippen LogP contribution in [0.5, 0.6) is 0 Å². The average Bonchev–Trinajstić information content (AvgIpc) is 2.79. The topological polar surface area (TPSA) is 77.2 Å². The fourth-order valence-electron chi connectivity index (χ4n) is 1.74. The Morgan fingerprint density at radius 3 is 3.05 bits per heavy atom. The lowest BCUT2D eigenvalue weighted by Gasteiger charge is -2.08. The molecule has 0 amide bonds. The smallest absolute Gasteiger partial charge is 0.313 e. The summed E-state index contributed by atoms with van der Waals surface area (Å²) in [6.45, 7) is -0.209. The summed E-state index contributed by atoms with van der Waals surface area (Å²) in [7, 11) is 0. The van der Waals surface area contributed by atoms with E-state index < -0.39 is 19.0 Å². The lowest BCUT2D eigenvalue weighted by atomic mass is 10.4. The van der Waals surface area contributed by atoms with E-state index in [9.17, 15) is 13.6 Å². The highest BCUT2D eigenvalue weighted by molar-refractivity contribution is 7.99. The van der Waals surface area contributed by atoms with Crippen LogP contribution in [-0.4, -0.2) is 51.0 Å². The Morgan fingerprint density at radius 2 is 2.33 bits per heavy atom. The number of hydrogen-bond donors (Lipinski definition) is 1. The Balaban J connectivity index is 2.13. The Hall–Kier alpha value is -1.74. The number of nitrogens with zero attached hydrogens (tertiary/aromatic N) is 3. The predicted molar refractivity (Wildman–Crippen MR) is 72.7 cm³/mol. The van der Waals surface area contributed by atoms with E-state index in [1.54, 1.807) is 23.0 Å². The van der Waals surface area contributed by atoms with Crippen LogP contribution in [0.15, 0.2) is 23.6 Å². The van der Waals surface area contributed by atoms with Crippen molar-refractivity contribution >= 4 is 28.8 Å². The second kappa shape index (κ2) is 7.32. The van der Waals surface area contributed by atoms with Crippen LogP contribution in [0.4, 0.5) is 8.78 Å². The maximum absolute atomic E-state index is 12.0. The Labute approximate surface area is 123 Å². The molecule has 9 heteroatoms. The van der Waals surface area contributed by atoms with Gasteiger partial charge in [0.25, 0.3) is 6.43 Å². The molecule has 0 aliphatic heterocycles. The van der Waals surface area contributed by atoms with Crippen LogP contribution in [0, 0.1) is 0 Å². The first kappa shape index (κ1) is 15.6. The first-order valence-corrected chi connectivity index (χ1v) is 7.07. The molecule has 0 aromatic carbocycles. The van der Waals surface area contributed by atoms with E-state index >= 15 is 0 Å². The van der Waals surface area contributed by atoms with Crippen LogP contribution in [0.2, 0.25) is 0 Å². The molecule has 0 fully saturated rings. The Kier molecular flexibility index (Phi) is 5.45. The normalized spacial score (nSPS) is 11.4. The van der Waals surface area contributed by atoms with Crippen molar-refractivity contribution in [1.29, 1.82) is 0 Å². The average molecular weight is 317 g/mol. The maximum atomic E-state index is 12.0. The summed E-state index contributed by atoms with van der Waals surface area (Å²) >= 11 is 1.07. The summed E-state index contributed by atoms with van der Waals surface area (Å²) < 4.78 is 30.6. The van der Waals surface area contributed by atoms with Crippen LogP contribution >= 0.6 is 11.8 Å². The molecule has 0 radical (unpaired) electrons. The summed E-state index contributed by atoms with van der Waals surface area (Å²) in [5.41, 5.74) is 1.39. The van der Waals surface area contributed by atoms with Crippen molar-refractivity contribution in [3.05, 3.63) is 18.5 Å². The van der Waals surface area contributed by atoms with Gasteiger partial charge in [0, 0.05) is 12.7 Å². The zero-order valence-corrected chi connectivity index (χ0v) is 11.7. The number of imidazole rings is 1. The third-order valence-corrected chi connectivity index (χ3v) is 3.50. The second-order valence-corrected chi connectivity index (χ2v) is 5.00. The number of rotatable bonds is 8. The van der Waals surface area contributed by atoms with Crippen molar-refractivity contribution in [1.82, 2.24) is 14.5 Å². The molecule has 0 aliphatic rings. The van der Waals surface area contributed by atoms with Gasteiger partial charge < -0.3 is 14.4 Å². The minimum atomic E-state index is -2.51. The maximum Gasteiger partial charge on any atom is 0.313 e. The molecule has 2 heterocycles. The van der Waals surface area contributed by atoms with Crippen LogP contribution in [-0.2, 0) is 16.1 Å². The number of alkyl halides is 2. The van der Waals surface area contributed by atoms with Crippen LogP contribution < -0.4 is 0 Å². The number of hydrogen-bond acceptors (Lipinski definition) is 5. The lowest BCUT2D eigenvalue weighted by Crippen LogP contribution is -2.11. The number of fused-ring (bicyclic) bond motifs is 1. The van der Waals surface area contributed by atoms with Gasteiger partial charge in [-0.25, -0.2) is 13.8 Å². The molecule has 21 heavy (non-hydrogen) atoms. The van der Waals surface area contributed by atoms with E-state index in [1.165, 1.54) is 0 Å². The zero-order chi connectivity index (χ0) is 15.2. The summed E-state index contributed by atoms with van der Waals surface area (Å²) in [6, 6.07) is 1.74. The summed E-state index contributed by atoms with van der Waals surface area (Å²) in [4.78, 5) is 18.9. The highest BCUT2D eigenvalue weighted by Crippen LogP contribution is 2.23. The van der Waals surface area contributed by atoms with Crippen LogP contribution in [0.3, 0.4) is 0 Å². The fraction of sp³-hybridized carbons (Fsp3) is 0.417. The van der Waals surface area contributed by atoms with Gasteiger partial charge in [-0.1, -0.05) is 11.8 Å². The van der Waals surface area contributed by atoms with E-state index in [4.69, 9.17) is 9.84 Å². The molecule has 2 rings (SSSR count). The third-order valence-electron chi connectivity index (χ3n) is 2.54. The first-order valence-electron chi connectivity index (χ1n) is 6.08. The molecule has 0 aliphatic carbocycles. The van der Waals surface area contributed by atoms with Gasteiger partial charge in [-0.3, -0.25) is 9.78 Å². The van der Waals surface area contributed by atoms with Gasteiger partial charge in [-0.15, -0.1) is 0 Å². The highest BCUT2D eigenvalue weighted by Gasteiger charge is 2.13. The first-order chi connectivity index (χ1) is 10.1. The molecule has 0 saturated carbocycles. The third kappa shape index (κ3) is 4.36. The second-order valence-electron chi connectivity index (χ2n) is 4.06. The van der Waals surface area contributed by atoms with Crippen molar-refractivity contribution in [3.63, 3.8) is 0 Å². The van der Waals surface area contributed by atoms with Crippen molar-refractivity contribution < 1.29 is 23.4 Å². The van der Waals surface area contributed by atoms with E-state index in [0.717, 1.165) is 17.3 Å². The minimum Gasteiger partial charge on any atom is -0.481 e. The number of halogens is 2. The molecule has 0 unspecified atom stereocenters. The number of aliphatic carboxylic acids is 1. The molecule has 0 atom stereocenters. The number of aromatic nitrogens is 3. The van der Waals surface area contributed by atoms with Crippen molar-refractivity contribution in [2.45, 2.75) is 18.1 Å². The van der Waals surface area contributed by atoms with Crippen LogP contribution in [0.1, 0.15) is 0 Å². The van der Waals surface area contributed by atoms with Crippen molar-refractivity contribution in [3.8, 4) is 0 Å². The molecule has 1 N–H and O–H groups in total. The number of thioether (sulfide) groups is 1. The lowest BCUT2D eigenvalue weighted by molar-refractivity contribution is -0.133. The monoisotopic (exact) mass is 317 g/mol. The molecular formula is C12H13F2N3O3S. The number of ether oxygens (including phenoxy) is 1. The van der Waals surface area contributed by atoms with E-state index in [2.05, 4.69) is 9.97 Å². The highest BCUT2D eigenvalue weighted by atomic mass is 32.2. The standard InChI is InChI=1S/C12H13F2N3O3S/c13-10(14)6-20-4-3-17-9-1-2-15-5-8(9)16-12(17)21-7-11(18)19/h1-2,5,10H,3-4,6-7H2,(H,18,19). The van der Waals surface area contributed by atoms with Crippen molar-refractivity contribution in [2.75, 3.05) is 19.0 Å². The zero-order valence-electron chi connectivity index (χ0n) is 10.9. The quantitative estimate of drug-likeness (QED) is 0.592. The predicted octanol–water partition coefficient (Wildman–Crippen LogP) is 1.89. The minimum absolute atomic E-state index is 0.0960. The van der Waals surface area contributed by atoms with Gasteiger partial charge in [0.1, 0.15) is 12.1 Å². The van der Waals surface area contributed by atoms with Gasteiger partial charge >= 0.3 is 5.97 Å². The number of carboxylic acids is 1. The molecule has 114 valence electrons. The number of pyridine rings is 1. The molecule has 0 saturated heterocycles. The Morgan fingerprint density at radius 1 is 1.52 bits per heavy atom. The van der Waals surface area contributed by atoms with E-state index in [1.807, 2.05) is 0 Å². The van der Waals surface area contributed by atoms with E-state index in [-0.39, 0.29) is 12.4 Å². The van der Waals surface area contributed by atoms with E-state index in [0.29, 0.717) is 17.2 Å². The largest absolute Gasteiger partial charge is 0.481 e. The van der Waals surface area contributed by atoms with Gasteiger partial charge in [0.05, 0.1) is 24.1 Å². The summed E-state index contributed by atoms with van der Waals surface area (Å²) in [5.74, 6) is -1.08. The van der Waals surface area contributed by atoms with Gasteiger partial charge in [0.2, 0.25) is 0 Å². The SMILES string of the molecule is O=C(O)CSc1nc2cnccc2n1CCOCC(F)F. The summed E-state index contributed by atoms with van der Waals surface area (Å²) in [6.07, 6.45) is 0.651. The van der Waals surface area contributed by atoms with Gasteiger partial charge in [-0.05, 0) is 6.07 Å². The molecule has 0 bridgehead atoms. The van der Waals surface area contributed by atoms with Gasteiger partial charge in [-0.2, -0.15) is 0 Å².